The zero-order chi connectivity index (χ0) is 7.56. The standard InChI is InChI=1S/C8H16N2/c1-4-7(2)8-5-9-6-10(8)3/h6-8H,4-5H2,1-3H3. The van der Waals surface area contributed by atoms with Gasteiger partial charge in [0, 0.05) is 7.05 Å². The molecule has 0 aromatic heterocycles. The van der Waals surface area contributed by atoms with Gasteiger partial charge in [-0.05, 0) is 5.92 Å². The van der Waals surface area contributed by atoms with Crippen molar-refractivity contribution in [3.63, 3.8) is 0 Å². The molecule has 0 aliphatic carbocycles. The maximum atomic E-state index is 4.22. The molecule has 2 nitrogen and oxygen atoms in total. The molecule has 1 rings (SSSR count). The van der Waals surface area contributed by atoms with Crippen molar-refractivity contribution in [2.75, 3.05) is 13.6 Å². The largest absolute Gasteiger partial charge is 0.361 e. The van der Waals surface area contributed by atoms with E-state index in [2.05, 4.69) is 30.8 Å². The molecule has 2 atom stereocenters. The van der Waals surface area contributed by atoms with Crippen LogP contribution in [0.1, 0.15) is 20.3 Å². The Morgan fingerprint density at radius 1 is 1.80 bits per heavy atom. The fourth-order valence-electron chi connectivity index (χ4n) is 1.35. The lowest BCUT2D eigenvalue weighted by molar-refractivity contribution is 0.300. The van der Waals surface area contributed by atoms with Gasteiger partial charge in [-0.2, -0.15) is 0 Å². The molecular weight excluding hydrogens is 124 g/mol. The highest BCUT2D eigenvalue weighted by atomic mass is 15.2. The van der Waals surface area contributed by atoms with Gasteiger partial charge in [0.15, 0.2) is 0 Å². The molecule has 1 aliphatic rings. The highest BCUT2D eigenvalue weighted by Crippen LogP contribution is 2.15. The summed E-state index contributed by atoms with van der Waals surface area (Å²) in [5.74, 6) is 0.771. The normalized spacial score (nSPS) is 27.5. The van der Waals surface area contributed by atoms with Gasteiger partial charge in [0.05, 0.1) is 18.9 Å². The maximum Gasteiger partial charge on any atom is 0.0851 e. The van der Waals surface area contributed by atoms with Gasteiger partial charge < -0.3 is 4.90 Å². The average molecular weight is 140 g/mol. The number of hydrogen-bond acceptors (Lipinski definition) is 2. The van der Waals surface area contributed by atoms with Crippen molar-refractivity contribution >= 4 is 6.34 Å². The summed E-state index contributed by atoms with van der Waals surface area (Å²) in [6, 6.07) is 0.657. The van der Waals surface area contributed by atoms with Crippen LogP contribution in [-0.4, -0.2) is 30.9 Å². The zero-order valence-corrected chi connectivity index (χ0v) is 7.04. The summed E-state index contributed by atoms with van der Waals surface area (Å²) in [7, 11) is 2.10. The van der Waals surface area contributed by atoms with Crippen molar-refractivity contribution in [2.24, 2.45) is 10.9 Å². The molecule has 0 bridgehead atoms. The summed E-state index contributed by atoms with van der Waals surface area (Å²) in [4.78, 5) is 6.43. The van der Waals surface area contributed by atoms with Crippen molar-refractivity contribution < 1.29 is 0 Å². The molecule has 1 heterocycles. The monoisotopic (exact) mass is 140 g/mol. The second kappa shape index (κ2) is 3.04. The number of likely N-dealkylation sites (N-methyl/N-ethyl adjacent to an activating group) is 1. The van der Waals surface area contributed by atoms with Crippen LogP contribution in [-0.2, 0) is 0 Å². The third kappa shape index (κ3) is 1.31. The SMILES string of the molecule is CCC(C)C1CN=CN1C. The van der Waals surface area contributed by atoms with E-state index in [9.17, 15) is 0 Å². The van der Waals surface area contributed by atoms with Crippen LogP contribution in [0.4, 0.5) is 0 Å². The van der Waals surface area contributed by atoms with E-state index in [0.29, 0.717) is 6.04 Å². The van der Waals surface area contributed by atoms with Crippen molar-refractivity contribution in [3.8, 4) is 0 Å². The Bertz CT molecular complexity index is 131. The fourth-order valence-corrected chi connectivity index (χ4v) is 1.35. The quantitative estimate of drug-likeness (QED) is 0.565. The first-order valence-electron chi connectivity index (χ1n) is 3.97. The molecule has 10 heavy (non-hydrogen) atoms. The van der Waals surface area contributed by atoms with Crippen LogP contribution in [0.25, 0.3) is 0 Å². The first-order valence-corrected chi connectivity index (χ1v) is 3.97. The third-order valence-corrected chi connectivity index (χ3v) is 2.38. The molecule has 0 fully saturated rings. The van der Waals surface area contributed by atoms with E-state index in [-0.39, 0.29) is 0 Å². The fraction of sp³-hybridized carbons (Fsp3) is 0.875. The Hall–Kier alpha value is -0.530. The molecule has 58 valence electrons. The molecule has 1 aliphatic heterocycles. The Morgan fingerprint density at radius 2 is 2.50 bits per heavy atom. The van der Waals surface area contributed by atoms with Gasteiger partial charge in [-0.15, -0.1) is 0 Å². The minimum absolute atomic E-state index is 0.657. The van der Waals surface area contributed by atoms with Crippen LogP contribution in [0.5, 0.6) is 0 Å². The molecule has 0 aromatic carbocycles. The summed E-state index contributed by atoms with van der Waals surface area (Å²) in [5.41, 5.74) is 0. The molecule has 0 amide bonds. The van der Waals surface area contributed by atoms with Gasteiger partial charge in [-0.1, -0.05) is 20.3 Å². The Morgan fingerprint density at radius 3 is 2.90 bits per heavy atom. The number of aliphatic imine (C=N–C) groups is 1. The van der Waals surface area contributed by atoms with Crippen LogP contribution >= 0.6 is 0 Å². The van der Waals surface area contributed by atoms with E-state index in [4.69, 9.17) is 0 Å². The van der Waals surface area contributed by atoms with Gasteiger partial charge in [0.1, 0.15) is 0 Å². The van der Waals surface area contributed by atoms with Crippen LogP contribution in [0.3, 0.4) is 0 Å². The highest BCUT2D eigenvalue weighted by molar-refractivity contribution is 5.57. The first-order chi connectivity index (χ1) is 4.75. The molecule has 2 heteroatoms. The van der Waals surface area contributed by atoms with Crippen molar-refractivity contribution in [3.05, 3.63) is 0 Å². The predicted molar refractivity (Wildman–Crippen MR) is 44.4 cm³/mol. The summed E-state index contributed by atoms with van der Waals surface area (Å²) in [6.07, 6.45) is 3.19. The molecule has 0 spiro atoms. The van der Waals surface area contributed by atoms with Gasteiger partial charge >= 0.3 is 0 Å². The molecule has 0 aromatic rings. The highest BCUT2D eigenvalue weighted by Gasteiger charge is 2.21. The Kier molecular flexibility index (Phi) is 2.30. The Balaban J connectivity index is 2.42. The molecule has 0 radical (unpaired) electrons. The number of nitrogens with zero attached hydrogens (tertiary/aromatic N) is 2. The van der Waals surface area contributed by atoms with Crippen molar-refractivity contribution in [1.29, 1.82) is 0 Å². The van der Waals surface area contributed by atoms with Crippen LogP contribution in [0.2, 0.25) is 0 Å². The van der Waals surface area contributed by atoms with E-state index in [1.807, 2.05) is 6.34 Å². The van der Waals surface area contributed by atoms with E-state index in [0.717, 1.165) is 12.5 Å². The maximum absolute atomic E-state index is 4.22. The lowest BCUT2D eigenvalue weighted by atomic mass is 9.99. The van der Waals surface area contributed by atoms with E-state index >= 15 is 0 Å². The van der Waals surface area contributed by atoms with Crippen LogP contribution in [0.15, 0.2) is 4.99 Å². The molecule has 2 unspecified atom stereocenters. The summed E-state index contributed by atoms with van der Waals surface area (Å²) >= 11 is 0. The minimum Gasteiger partial charge on any atom is -0.361 e. The second-order valence-electron chi connectivity index (χ2n) is 3.10. The summed E-state index contributed by atoms with van der Waals surface area (Å²) < 4.78 is 0. The van der Waals surface area contributed by atoms with Gasteiger partial charge in [-0.3, -0.25) is 4.99 Å². The minimum atomic E-state index is 0.657. The smallest absolute Gasteiger partial charge is 0.0851 e. The van der Waals surface area contributed by atoms with Gasteiger partial charge in [0.2, 0.25) is 0 Å². The van der Waals surface area contributed by atoms with E-state index < -0.39 is 0 Å². The lowest BCUT2D eigenvalue weighted by Gasteiger charge is -2.24. The van der Waals surface area contributed by atoms with Gasteiger partial charge in [0.25, 0.3) is 0 Å². The summed E-state index contributed by atoms with van der Waals surface area (Å²) in [6.45, 7) is 5.51. The molecule has 0 saturated carbocycles. The topological polar surface area (TPSA) is 15.6 Å². The molecule has 0 saturated heterocycles. The first kappa shape index (κ1) is 7.58. The van der Waals surface area contributed by atoms with Crippen LogP contribution < -0.4 is 0 Å². The third-order valence-electron chi connectivity index (χ3n) is 2.38. The second-order valence-corrected chi connectivity index (χ2v) is 3.10. The van der Waals surface area contributed by atoms with E-state index in [1.165, 1.54) is 6.42 Å². The number of rotatable bonds is 2. The predicted octanol–water partition coefficient (Wildman–Crippen LogP) is 1.37. The van der Waals surface area contributed by atoms with Crippen LogP contribution in [0, 0.1) is 5.92 Å². The van der Waals surface area contributed by atoms with Crippen molar-refractivity contribution in [2.45, 2.75) is 26.3 Å². The van der Waals surface area contributed by atoms with Crippen molar-refractivity contribution in [1.82, 2.24) is 4.90 Å². The lowest BCUT2D eigenvalue weighted by Crippen LogP contribution is -2.33. The van der Waals surface area contributed by atoms with E-state index in [1.54, 1.807) is 0 Å². The Labute approximate surface area is 62.9 Å². The summed E-state index contributed by atoms with van der Waals surface area (Å²) in [5, 5.41) is 0. The van der Waals surface area contributed by atoms with Gasteiger partial charge in [-0.25, -0.2) is 0 Å². The zero-order valence-electron chi connectivity index (χ0n) is 7.04. The average Bonchev–Trinajstić information content (AvgIpc) is 2.34. The molecular formula is C8H16N2. The molecule has 0 N–H and O–H groups in total. The number of hydrogen-bond donors (Lipinski definition) is 0.